The smallest absolute Gasteiger partial charge is 0.261 e. The van der Waals surface area contributed by atoms with E-state index in [2.05, 4.69) is 9.44 Å². The number of nitrogens with two attached hydrogens (primary N) is 1. The monoisotopic (exact) mass is 589 g/mol. The predicted molar refractivity (Wildman–Crippen MR) is 161 cm³/mol. The third kappa shape index (κ3) is 5.76. The van der Waals surface area contributed by atoms with Gasteiger partial charge in [-0.25, -0.2) is 16.8 Å². The van der Waals surface area contributed by atoms with E-state index in [4.69, 9.17) is 15.2 Å². The van der Waals surface area contributed by atoms with Crippen LogP contribution in [0.3, 0.4) is 0 Å². The average molecular weight is 590 g/mol. The van der Waals surface area contributed by atoms with Crippen LogP contribution in [0, 0.1) is 0 Å². The topological polar surface area (TPSA) is 137 Å². The van der Waals surface area contributed by atoms with Crippen LogP contribution in [0.15, 0.2) is 113 Å². The molecule has 0 bridgehead atoms. The van der Waals surface area contributed by atoms with Crippen LogP contribution < -0.4 is 24.7 Å². The number of benzene rings is 5. The molecule has 0 saturated carbocycles. The lowest BCUT2D eigenvalue weighted by molar-refractivity contribution is 0.414. The maximum Gasteiger partial charge on any atom is 0.261 e. The Morgan fingerprint density at radius 2 is 1.10 bits per heavy atom. The summed E-state index contributed by atoms with van der Waals surface area (Å²) in [5.41, 5.74) is 8.07. The molecule has 0 spiro atoms. The Balaban J connectivity index is 1.68. The van der Waals surface area contributed by atoms with Gasteiger partial charge in [0.15, 0.2) is 0 Å². The van der Waals surface area contributed by atoms with Crippen molar-refractivity contribution in [3.8, 4) is 22.6 Å². The second-order valence-corrected chi connectivity index (χ2v) is 12.4. The third-order valence-electron chi connectivity index (χ3n) is 6.49. The van der Waals surface area contributed by atoms with Crippen molar-refractivity contribution in [2.75, 3.05) is 29.4 Å². The van der Waals surface area contributed by atoms with Gasteiger partial charge in [-0.3, -0.25) is 9.44 Å². The highest BCUT2D eigenvalue weighted by molar-refractivity contribution is 7.93. The number of methoxy groups -OCH3 is 2. The molecule has 0 atom stereocenters. The summed E-state index contributed by atoms with van der Waals surface area (Å²) in [5, 5.41) is 0.988. The zero-order chi connectivity index (χ0) is 29.2. The molecule has 9 nitrogen and oxygen atoms in total. The molecule has 0 aliphatic heterocycles. The maximum absolute atomic E-state index is 13.5. The first kappa shape index (κ1) is 27.8. The minimum absolute atomic E-state index is 0.0370. The zero-order valence-corrected chi connectivity index (χ0v) is 23.8. The van der Waals surface area contributed by atoms with E-state index < -0.39 is 20.0 Å². The molecule has 4 N–H and O–H groups in total. The van der Waals surface area contributed by atoms with E-state index in [0.717, 1.165) is 0 Å². The summed E-state index contributed by atoms with van der Waals surface area (Å²) in [4.78, 5) is 0.0793. The first-order valence-electron chi connectivity index (χ1n) is 12.4. The van der Waals surface area contributed by atoms with Crippen molar-refractivity contribution in [2.24, 2.45) is 0 Å². The second-order valence-electron chi connectivity index (χ2n) is 9.08. The number of ether oxygens (including phenoxy) is 2. The highest BCUT2D eigenvalue weighted by Crippen LogP contribution is 2.41. The molecule has 41 heavy (non-hydrogen) atoms. The van der Waals surface area contributed by atoms with E-state index >= 15 is 0 Å². The largest absolute Gasteiger partial charge is 0.497 e. The van der Waals surface area contributed by atoms with Gasteiger partial charge in [0.1, 0.15) is 11.5 Å². The van der Waals surface area contributed by atoms with Gasteiger partial charge in [-0.2, -0.15) is 0 Å². The lowest BCUT2D eigenvalue weighted by Crippen LogP contribution is -2.16. The molecule has 0 radical (unpaired) electrons. The molecular weight excluding hydrogens is 562 g/mol. The summed E-state index contributed by atoms with van der Waals surface area (Å²) in [6.07, 6.45) is 0. The number of nitrogens with one attached hydrogen (secondary N) is 2. The summed E-state index contributed by atoms with van der Waals surface area (Å²) >= 11 is 0. The first-order chi connectivity index (χ1) is 19.6. The van der Waals surface area contributed by atoms with Crippen LogP contribution in [-0.4, -0.2) is 31.1 Å². The van der Waals surface area contributed by atoms with Crippen molar-refractivity contribution in [2.45, 2.75) is 9.79 Å². The number of fused-ring (bicyclic) bond motifs is 1. The van der Waals surface area contributed by atoms with Crippen LogP contribution in [0.5, 0.6) is 11.5 Å². The molecular formula is C30H27N3O6S2. The van der Waals surface area contributed by atoms with E-state index in [1.165, 1.54) is 38.5 Å². The van der Waals surface area contributed by atoms with Gasteiger partial charge in [-0.05, 0) is 72.3 Å². The van der Waals surface area contributed by atoms with E-state index in [1.807, 2.05) is 0 Å². The summed E-state index contributed by atoms with van der Waals surface area (Å²) in [6, 6.07) is 27.5. The molecule has 5 aromatic carbocycles. The molecule has 0 aromatic heterocycles. The van der Waals surface area contributed by atoms with Crippen LogP contribution in [-0.2, 0) is 20.0 Å². The molecule has 0 fully saturated rings. The number of anilines is 3. The standard InChI is InChI=1S/C30H27N3O6S2/c1-38-22-11-15-24(16-12-22)40(34,35)32-29-19-28(20-7-9-21(31)10-8-20)30(27-6-4-3-5-26(27)29)33-41(36,37)25-17-13-23(39-2)14-18-25/h3-19,32-33H,31H2,1-2H3. The molecule has 210 valence electrons. The molecule has 0 saturated heterocycles. The third-order valence-corrected chi connectivity index (χ3v) is 9.23. The van der Waals surface area contributed by atoms with Gasteiger partial charge in [-0.15, -0.1) is 0 Å². The molecule has 0 unspecified atom stereocenters. The quantitative estimate of drug-likeness (QED) is 0.187. The van der Waals surface area contributed by atoms with Gasteiger partial charge in [0.2, 0.25) is 0 Å². The number of nitrogen functional groups attached to an aromatic ring is 1. The number of hydrogen-bond donors (Lipinski definition) is 3. The highest BCUT2D eigenvalue weighted by atomic mass is 32.2. The van der Waals surface area contributed by atoms with Crippen molar-refractivity contribution >= 4 is 47.9 Å². The molecule has 0 aliphatic carbocycles. The fourth-order valence-corrected chi connectivity index (χ4v) is 6.54. The van der Waals surface area contributed by atoms with Crippen LogP contribution in [0.4, 0.5) is 17.1 Å². The van der Waals surface area contributed by atoms with Crippen molar-refractivity contribution in [1.29, 1.82) is 0 Å². The minimum Gasteiger partial charge on any atom is -0.497 e. The van der Waals surface area contributed by atoms with Gasteiger partial charge >= 0.3 is 0 Å². The normalized spacial score (nSPS) is 11.7. The predicted octanol–water partition coefficient (Wildman–Crippen LogP) is 5.71. The van der Waals surface area contributed by atoms with Crippen LogP contribution in [0.25, 0.3) is 21.9 Å². The summed E-state index contributed by atoms with van der Waals surface area (Å²) in [7, 11) is -5.06. The molecule has 0 amide bonds. The Morgan fingerprint density at radius 1 is 0.610 bits per heavy atom. The van der Waals surface area contributed by atoms with Gasteiger partial charge < -0.3 is 15.2 Å². The maximum atomic E-state index is 13.5. The first-order valence-corrected chi connectivity index (χ1v) is 15.3. The lowest BCUT2D eigenvalue weighted by Gasteiger charge is -2.20. The van der Waals surface area contributed by atoms with Crippen molar-refractivity contribution in [3.63, 3.8) is 0 Å². The van der Waals surface area contributed by atoms with E-state index in [0.29, 0.717) is 39.1 Å². The van der Waals surface area contributed by atoms with E-state index in [9.17, 15) is 16.8 Å². The Hall–Kier alpha value is -4.74. The lowest BCUT2D eigenvalue weighted by atomic mass is 9.97. The SMILES string of the molecule is COc1ccc(S(=O)(=O)Nc2cc(-c3ccc(N)cc3)c(NS(=O)(=O)c3ccc(OC)cc3)c3ccccc23)cc1. The van der Waals surface area contributed by atoms with E-state index in [-0.39, 0.29) is 21.2 Å². The minimum atomic E-state index is -4.05. The van der Waals surface area contributed by atoms with Gasteiger partial charge in [0.05, 0.1) is 35.4 Å². The van der Waals surface area contributed by atoms with Crippen LogP contribution in [0.2, 0.25) is 0 Å². The van der Waals surface area contributed by atoms with Crippen LogP contribution >= 0.6 is 0 Å². The summed E-state index contributed by atoms with van der Waals surface area (Å²) < 4.78 is 69.6. The van der Waals surface area contributed by atoms with Crippen molar-refractivity contribution in [1.82, 2.24) is 0 Å². The fraction of sp³-hybridized carbons (Fsp3) is 0.0667. The average Bonchev–Trinajstić information content (AvgIpc) is 2.98. The summed E-state index contributed by atoms with van der Waals surface area (Å²) in [6.45, 7) is 0. The highest BCUT2D eigenvalue weighted by Gasteiger charge is 2.23. The molecule has 0 heterocycles. The summed E-state index contributed by atoms with van der Waals surface area (Å²) in [5.74, 6) is 1.04. The Bertz CT molecular complexity index is 1920. The molecule has 0 aliphatic rings. The van der Waals surface area contributed by atoms with Crippen LogP contribution in [0.1, 0.15) is 0 Å². The molecule has 5 aromatic rings. The van der Waals surface area contributed by atoms with Gasteiger partial charge in [0, 0.05) is 22.0 Å². The molecule has 5 rings (SSSR count). The fourth-order valence-electron chi connectivity index (χ4n) is 4.37. The Labute approximate surface area is 238 Å². The van der Waals surface area contributed by atoms with Gasteiger partial charge in [0.25, 0.3) is 20.0 Å². The number of sulfonamides is 2. The number of rotatable bonds is 9. The Morgan fingerprint density at radius 3 is 1.61 bits per heavy atom. The Kier molecular flexibility index (Phi) is 7.48. The van der Waals surface area contributed by atoms with Crippen molar-refractivity contribution in [3.05, 3.63) is 103 Å². The molecule has 11 heteroatoms. The second kappa shape index (κ2) is 11.0. The zero-order valence-electron chi connectivity index (χ0n) is 22.2. The van der Waals surface area contributed by atoms with Crippen molar-refractivity contribution < 1.29 is 26.3 Å². The van der Waals surface area contributed by atoms with E-state index in [1.54, 1.807) is 78.9 Å². The number of hydrogen-bond acceptors (Lipinski definition) is 7. The van der Waals surface area contributed by atoms with Gasteiger partial charge in [-0.1, -0.05) is 36.4 Å².